The van der Waals surface area contributed by atoms with E-state index in [1.54, 1.807) is 0 Å². The van der Waals surface area contributed by atoms with Crippen LogP contribution in [0.4, 0.5) is 0 Å². The van der Waals surface area contributed by atoms with Crippen LogP contribution >= 0.6 is 0 Å². The van der Waals surface area contributed by atoms with Crippen LogP contribution in [0.2, 0.25) is 18.1 Å². The molecule has 2 aliphatic heterocycles. The van der Waals surface area contributed by atoms with Crippen molar-refractivity contribution in [3.05, 3.63) is 0 Å². The van der Waals surface area contributed by atoms with Crippen molar-refractivity contribution in [1.82, 2.24) is 9.47 Å². The van der Waals surface area contributed by atoms with Crippen LogP contribution in [0.25, 0.3) is 0 Å². The summed E-state index contributed by atoms with van der Waals surface area (Å²) in [6.07, 6.45) is 4.83. The molecule has 0 spiro atoms. The Hall–Kier alpha value is -0.353. The van der Waals surface area contributed by atoms with Gasteiger partial charge in [-0.1, -0.05) is 40.3 Å². The second-order valence-electron chi connectivity index (χ2n) is 7.79. The highest BCUT2D eigenvalue weighted by Crippen LogP contribution is 2.43. The number of carbonyl (C=O) groups is 1. The Labute approximate surface area is 119 Å². The number of carbonyl (C=O) groups excluding carboxylic acids is 1. The number of piperidine rings is 1. The van der Waals surface area contributed by atoms with E-state index < -0.39 is 8.24 Å². The zero-order valence-corrected chi connectivity index (χ0v) is 14.3. The zero-order chi connectivity index (χ0) is 14.3. The van der Waals surface area contributed by atoms with Crippen LogP contribution in [0.15, 0.2) is 0 Å². The molecule has 1 atom stereocenters. The lowest BCUT2D eigenvalue weighted by Crippen LogP contribution is -2.70. The van der Waals surface area contributed by atoms with Crippen LogP contribution in [-0.2, 0) is 4.79 Å². The van der Waals surface area contributed by atoms with Gasteiger partial charge in [-0.3, -0.25) is 4.79 Å². The van der Waals surface area contributed by atoms with Gasteiger partial charge in [0.2, 0.25) is 5.91 Å². The lowest BCUT2D eigenvalue weighted by Gasteiger charge is -2.56. The molecular formula is C15H30N2OSi. The molecule has 110 valence electrons. The fraction of sp³-hybridized carbons (Fsp3) is 0.933. The molecule has 2 heterocycles. The van der Waals surface area contributed by atoms with Crippen molar-refractivity contribution in [2.24, 2.45) is 0 Å². The van der Waals surface area contributed by atoms with Gasteiger partial charge in [0.15, 0.2) is 8.24 Å². The van der Waals surface area contributed by atoms with Crippen LogP contribution in [-0.4, -0.2) is 49.3 Å². The minimum Gasteiger partial charge on any atom is -0.365 e. The summed E-state index contributed by atoms with van der Waals surface area (Å²) in [7, 11) is -1.68. The molecule has 0 N–H and O–H groups in total. The number of rotatable bonds is 3. The third kappa shape index (κ3) is 2.89. The number of likely N-dealkylation sites (tertiary alicyclic amines) is 1. The maximum Gasteiger partial charge on any atom is 0.217 e. The Morgan fingerprint density at radius 2 is 1.74 bits per heavy atom. The first-order chi connectivity index (χ1) is 8.73. The predicted octanol–water partition coefficient (Wildman–Crippen LogP) is 3.08. The standard InChI is InChI=1S/C15H30N2OSi/c1-15(2,3)19(4,5)17-13(11-14(17)18)12-16-9-7-6-8-10-16/h13H,6-12H2,1-5H3. The molecular weight excluding hydrogens is 252 g/mol. The van der Waals surface area contributed by atoms with Gasteiger partial charge in [-0.15, -0.1) is 0 Å². The first-order valence-electron chi connectivity index (χ1n) is 7.78. The highest BCUT2D eigenvalue weighted by molar-refractivity contribution is 6.79. The lowest BCUT2D eigenvalue weighted by molar-refractivity contribution is -0.139. The molecule has 2 aliphatic rings. The number of hydrogen-bond acceptors (Lipinski definition) is 2. The number of nitrogens with zero attached hydrogens (tertiary/aromatic N) is 2. The van der Waals surface area contributed by atoms with Gasteiger partial charge in [-0.25, -0.2) is 0 Å². The molecule has 1 amide bonds. The van der Waals surface area contributed by atoms with Gasteiger partial charge in [-0.2, -0.15) is 0 Å². The topological polar surface area (TPSA) is 23.6 Å². The largest absolute Gasteiger partial charge is 0.365 e. The summed E-state index contributed by atoms with van der Waals surface area (Å²) in [4.78, 5) is 14.7. The Morgan fingerprint density at radius 3 is 2.21 bits per heavy atom. The molecule has 1 unspecified atom stereocenters. The highest BCUT2D eigenvalue weighted by atomic mass is 28.3. The Kier molecular flexibility index (Phi) is 4.12. The summed E-state index contributed by atoms with van der Waals surface area (Å²) < 4.78 is 2.29. The van der Waals surface area contributed by atoms with E-state index in [1.807, 2.05) is 0 Å². The van der Waals surface area contributed by atoms with Crippen molar-refractivity contribution < 1.29 is 4.79 Å². The quantitative estimate of drug-likeness (QED) is 0.587. The van der Waals surface area contributed by atoms with E-state index >= 15 is 0 Å². The Balaban J connectivity index is 2.01. The zero-order valence-electron chi connectivity index (χ0n) is 13.3. The van der Waals surface area contributed by atoms with Crippen molar-refractivity contribution in [3.8, 4) is 0 Å². The van der Waals surface area contributed by atoms with E-state index in [9.17, 15) is 4.79 Å². The normalized spacial score (nSPS) is 26.5. The van der Waals surface area contributed by atoms with E-state index in [-0.39, 0.29) is 5.04 Å². The summed E-state index contributed by atoms with van der Waals surface area (Å²) >= 11 is 0. The van der Waals surface area contributed by atoms with Crippen molar-refractivity contribution in [3.63, 3.8) is 0 Å². The van der Waals surface area contributed by atoms with Crippen LogP contribution in [0.5, 0.6) is 0 Å². The molecule has 0 radical (unpaired) electrons. The average molecular weight is 283 g/mol. The molecule has 19 heavy (non-hydrogen) atoms. The second-order valence-corrected chi connectivity index (χ2v) is 12.9. The first kappa shape index (κ1) is 15.0. The summed E-state index contributed by atoms with van der Waals surface area (Å²) in [5.41, 5.74) is 0. The monoisotopic (exact) mass is 282 g/mol. The molecule has 4 heteroatoms. The number of amides is 1. The van der Waals surface area contributed by atoms with Gasteiger partial charge in [-0.05, 0) is 31.0 Å². The Bertz CT molecular complexity index is 343. The molecule has 0 bridgehead atoms. The fourth-order valence-corrected chi connectivity index (χ4v) is 5.72. The third-order valence-corrected chi connectivity index (χ3v) is 10.9. The summed E-state index contributed by atoms with van der Waals surface area (Å²) in [6, 6.07) is 0.492. The molecule has 2 saturated heterocycles. The molecule has 0 aromatic carbocycles. The molecule has 2 rings (SSSR count). The minimum absolute atomic E-state index is 0.253. The van der Waals surface area contributed by atoms with Crippen molar-refractivity contribution >= 4 is 14.1 Å². The maximum atomic E-state index is 12.1. The summed E-state index contributed by atoms with van der Waals surface area (Å²) in [5.74, 6) is 0.397. The van der Waals surface area contributed by atoms with E-state index in [4.69, 9.17) is 0 Å². The third-order valence-electron chi connectivity index (χ3n) is 5.40. The van der Waals surface area contributed by atoms with Gasteiger partial charge in [0.25, 0.3) is 0 Å². The molecule has 0 aliphatic carbocycles. The lowest BCUT2D eigenvalue weighted by atomic mass is 10.0. The van der Waals surface area contributed by atoms with Crippen LogP contribution < -0.4 is 0 Å². The molecule has 0 aromatic rings. The highest BCUT2D eigenvalue weighted by Gasteiger charge is 2.51. The van der Waals surface area contributed by atoms with Crippen molar-refractivity contribution in [1.29, 1.82) is 0 Å². The summed E-state index contributed by atoms with van der Waals surface area (Å²) in [5, 5.41) is 0.253. The van der Waals surface area contributed by atoms with E-state index in [0.29, 0.717) is 11.9 Å². The van der Waals surface area contributed by atoms with Gasteiger partial charge in [0, 0.05) is 19.0 Å². The van der Waals surface area contributed by atoms with Gasteiger partial charge >= 0.3 is 0 Å². The molecule has 0 aromatic heterocycles. The smallest absolute Gasteiger partial charge is 0.217 e. The van der Waals surface area contributed by atoms with E-state index in [1.165, 1.54) is 32.4 Å². The SMILES string of the molecule is CC(C)(C)[Si](C)(C)N1C(=O)CC1CN1CCCCC1. The van der Waals surface area contributed by atoms with E-state index in [0.717, 1.165) is 13.0 Å². The molecule has 2 fully saturated rings. The van der Waals surface area contributed by atoms with Crippen LogP contribution in [0.1, 0.15) is 46.5 Å². The molecule has 0 saturated carbocycles. The minimum atomic E-state index is -1.68. The molecule has 3 nitrogen and oxygen atoms in total. The van der Waals surface area contributed by atoms with E-state index in [2.05, 4.69) is 43.3 Å². The first-order valence-corrected chi connectivity index (χ1v) is 10.7. The van der Waals surface area contributed by atoms with Gasteiger partial charge in [0.05, 0.1) is 0 Å². The van der Waals surface area contributed by atoms with Crippen molar-refractivity contribution in [2.75, 3.05) is 19.6 Å². The Morgan fingerprint density at radius 1 is 1.16 bits per heavy atom. The van der Waals surface area contributed by atoms with Crippen LogP contribution in [0.3, 0.4) is 0 Å². The predicted molar refractivity (Wildman–Crippen MR) is 82.7 cm³/mol. The van der Waals surface area contributed by atoms with Crippen molar-refractivity contribution in [2.45, 2.75) is 70.6 Å². The van der Waals surface area contributed by atoms with Gasteiger partial charge in [0.1, 0.15) is 0 Å². The summed E-state index contributed by atoms with van der Waals surface area (Å²) in [6.45, 7) is 15.2. The van der Waals surface area contributed by atoms with Gasteiger partial charge < -0.3 is 9.47 Å². The number of β-lactam (4-membered cyclic amide) rings is 1. The van der Waals surface area contributed by atoms with Crippen LogP contribution in [0, 0.1) is 0 Å². The second kappa shape index (κ2) is 5.21. The fourth-order valence-electron chi connectivity index (χ4n) is 3.20. The maximum absolute atomic E-state index is 12.1. The average Bonchev–Trinajstić information content (AvgIpc) is 2.27. The number of hydrogen-bond donors (Lipinski definition) is 0.